The van der Waals surface area contributed by atoms with Crippen LogP contribution in [0, 0.1) is 0 Å². The van der Waals surface area contributed by atoms with Crippen molar-refractivity contribution < 1.29 is 0 Å². The van der Waals surface area contributed by atoms with E-state index in [4.69, 9.17) is 11.6 Å². The van der Waals surface area contributed by atoms with Crippen LogP contribution in [-0.4, -0.2) is 36.6 Å². The van der Waals surface area contributed by atoms with E-state index < -0.39 is 0 Å². The average molecular weight is 212 g/mol. The van der Waals surface area contributed by atoms with Crippen molar-refractivity contribution in [2.75, 3.05) is 26.7 Å². The molecule has 1 N–H and O–H groups in total. The Bertz CT molecular complexity index is 316. The minimum absolute atomic E-state index is 0.349. The van der Waals surface area contributed by atoms with E-state index in [-0.39, 0.29) is 0 Å². The molecule has 14 heavy (non-hydrogen) atoms. The van der Waals surface area contributed by atoms with Crippen molar-refractivity contribution in [1.82, 2.24) is 15.2 Å². The number of pyridine rings is 1. The summed E-state index contributed by atoms with van der Waals surface area (Å²) in [5.41, 5.74) is 1.05. The Hall–Kier alpha value is -0.640. The van der Waals surface area contributed by atoms with Gasteiger partial charge in [-0.2, -0.15) is 0 Å². The van der Waals surface area contributed by atoms with Crippen LogP contribution in [0.3, 0.4) is 0 Å². The molecule has 1 aliphatic heterocycles. The molecule has 0 aliphatic carbocycles. The second-order valence-corrected chi connectivity index (χ2v) is 3.97. The van der Waals surface area contributed by atoms with E-state index in [1.165, 1.54) is 0 Å². The van der Waals surface area contributed by atoms with E-state index in [2.05, 4.69) is 22.2 Å². The Morgan fingerprint density at radius 2 is 2.43 bits per heavy atom. The predicted molar refractivity (Wildman–Crippen MR) is 57.5 cm³/mol. The summed E-state index contributed by atoms with van der Waals surface area (Å²) in [5, 5.41) is 3.93. The van der Waals surface area contributed by atoms with Gasteiger partial charge in [0.25, 0.3) is 0 Å². The van der Waals surface area contributed by atoms with Crippen molar-refractivity contribution in [3.8, 4) is 0 Å². The van der Waals surface area contributed by atoms with Crippen molar-refractivity contribution in [3.63, 3.8) is 0 Å². The first-order valence-corrected chi connectivity index (χ1v) is 5.18. The van der Waals surface area contributed by atoms with Gasteiger partial charge in [-0.1, -0.05) is 17.7 Å². The summed E-state index contributed by atoms with van der Waals surface area (Å²) < 4.78 is 0. The highest BCUT2D eigenvalue weighted by atomic mass is 35.5. The zero-order valence-electron chi connectivity index (χ0n) is 8.20. The summed E-state index contributed by atoms with van der Waals surface area (Å²) >= 11 is 5.86. The number of rotatable bonds is 1. The molecular weight excluding hydrogens is 198 g/mol. The number of hydrogen-bond acceptors (Lipinski definition) is 3. The number of hydrogen-bond donors (Lipinski definition) is 1. The normalized spacial score (nSPS) is 23.7. The molecule has 1 saturated heterocycles. The molecule has 4 heteroatoms. The molecule has 2 heterocycles. The van der Waals surface area contributed by atoms with Crippen molar-refractivity contribution in [1.29, 1.82) is 0 Å². The Labute approximate surface area is 89.1 Å². The third-order valence-corrected chi connectivity index (χ3v) is 2.80. The van der Waals surface area contributed by atoms with Crippen LogP contribution in [0.1, 0.15) is 11.7 Å². The van der Waals surface area contributed by atoms with Crippen LogP contribution in [0.2, 0.25) is 5.15 Å². The topological polar surface area (TPSA) is 28.2 Å². The molecule has 1 fully saturated rings. The molecule has 2 rings (SSSR count). The van der Waals surface area contributed by atoms with Gasteiger partial charge in [0.15, 0.2) is 0 Å². The number of piperazine rings is 1. The SMILES string of the molecule is CN1CCNCC1c1cccc(Cl)n1. The lowest BCUT2D eigenvalue weighted by Gasteiger charge is -2.32. The fourth-order valence-electron chi connectivity index (χ4n) is 1.75. The van der Waals surface area contributed by atoms with Gasteiger partial charge in [0.2, 0.25) is 0 Å². The number of halogens is 1. The van der Waals surface area contributed by atoms with Gasteiger partial charge < -0.3 is 5.32 Å². The van der Waals surface area contributed by atoms with Crippen molar-refractivity contribution >= 4 is 11.6 Å². The Morgan fingerprint density at radius 3 is 3.14 bits per heavy atom. The summed E-state index contributed by atoms with van der Waals surface area (Å²) in [6.45, 7) is 3.05. The van der Waals surface area contributed by atoms with E-state index in [1.807, 2.05) is 12.1 Å². The monoisotopic (exact) mass is 211 g/mol. The molecule has 76 valence electrons. The zero-order valence-corrected chi connectivity index (χ0v) is 8.96. The van der Waals surface area contributed by atoms with Gasteiger partial charge in [-0.25, -0.2) is 4.98 Å². The predicted octanol–water partition coefficient (Wildman–Crippen LogP) is 1.31. The summed E-state index contributed by atoms with van der Waals surface area (Å²) in [7, 11) is 2.12. The maximum absolute atomic E-state index is 5.86. The fourth-order valence-corrected chi connectivity index (χ4v) is 1.92. The lowest BCUT2D eigenvalue weighted by Crippen LogP contribution is -2.44. The zero-order chi connectivity index (χ0) is 9.97. The molecule has 0 radical (unpaired) electrons. The van der Waals surface area contributed by atoms with Crippen LogP contribution in [0.15, 0.2) is 18.2 Å². The van der Waals surface area contributed by atoms with E-state index in [0.29, 0.717) is 11.2 Å². The Kier molecular flexibility index (Phi) is 3.01. The summed E-state index contributed by atoms with van der Waals surface area (Å²) in [4.78, 5) is 6.63. The van der Waals surface area contributed by atoms with Crippen molar-refractivity contribution in [2.24, 2.45) is 0 Å². The molecule has 0 bridgehead atoms. The smallest absolute Gasteiger partial charge is 0.129 e. The quantitative estimate of drug-likeness (QED) is 0.711. The van der Waals surface area contributed by atoms with Crippen LogP contribution < -0.4 is 5.32 Å². The third-order valence-electron chi connectivity index (χ3n) is 2.59. The molecular formula is C10H14ClN3. The van der Waals surface area contributed by atoms with E-state index in [9.17, 15) is 0 Å². The van der Waals surface area contributed by atoms with E-state index in [0.717, 1.165) is 25.3 Å². The maximum atomic E-state index is 5.86. The highest BCUT2D eigenvalue weighted by Crippen LogP contribution is 2.19. The second kappa shape index (κ2) is 4.26. The van der Waals surface area contributed by atoms with Crippen LogP contribution in [-0.2, 0) is 0 Å². The minimum atomic E-state index is 0.349. The van der Waals surface area contributed by atoms with Crippen LogP contribution in [0.4, 0.5) is 0 Å². The first-order valence-electron chi connectivity index (χ1n) is 4.81. The van der Waals surface area contributed by atoms with Gasteiger partial charge in [-0.15, -0.1) is 0 Å². The average Bonchev–Trinajstić information content (AvgIpc) is 2.18. The Balaban J connectivity index is 2.20. The molecule has 1 unspecified atom stereocenters. The van der Waals surface area contributed by atoms with Gasteiger partial charge in [-0.3, -0.25) is 4.90 Å². The van der Waals surface area contributed by atoms with Gasteiger partial charge in [0.1, 0.15) is 5.15 Å². The van der Waals surface area contributed by atoms with Crippen molar-refractivity contribution in [3.05, 3.63) is 29.0 Å². The minimum Gasteiger partial charge on any atom is -0.313 e. The van der Waals surface area contributed by atoms with E-state index in [1.54, 1.807) is 6.07 Å². The number of likely N-dealkylation sites (N-methyl/N-ethyl adjacent to an activating group) is 1. The standard InChI is InChI=1S/C10H14ClN3/c1-14-6-5-12-7-9(14)8-3-2-4-10(11)13-8/h2-4,9,12H,5-7H2,1H3. The molecule has 3 nitrogen and oxygen atoms in total. The van der Waals surface area contributed by atoms with Crippen molar-refractivity contribution in [2.45, 2.75) is 6.04 Å². The lowest BCUT2D eigenvalue weighted by atomic mass is 10.1. The molecule has 0 spiro atoms. The summed E-state index contributed by atoms with van der Waals surface area (Å²) in [5.74, 6) is 0. The molecule has 1 atom stereocenters. The van der Waals surface area contributed by atoms with Gasteiger partial charge in [0, 0.05) is 19.6 Å². The number of nitrogens with zero attached hydrogens (tertiary/aromatic N) is 2. The lowest BCUT2D eigenvalue weighted by molar-refractivity contribution is 0.198. The molecule has 1 aromatic rings. The highest BCUT2D eigenvalue weighted by Gasteiger charge is 2.21. The van der Waals surface area contributed by atoms with Crippen LogP contribution in [0.25, 0.3) is 0 Å². The molecule has 1 aliphatic rings. The summed E-state index contributed by atoms with van der Waals surface area (Å²) in [6.07, 6.45) is 0. The number of aromatic nitrogens is 1. The van der Waals surface area contributed by atoms with E-state index >= 15 is 0 Å². The Morgan fingerprint density at radius 1 is 1.57 bits per heavy atom. The molecule has 0 amide bonds. The highest BCUT2D eigenvalue weighted by molar-refractivity contribution is 6.29. The largest absolute Gasteiger partial charge is 0.313 e. The first-order chi connectivity index (χ1) is 6.77. The second-order valence-electron chi connectivity index (χ2n) is 3.59. The van der Waals surface area contributed by atoms with Crippen LogP contribution in [0.5, 0.6) is 0 Å². The van der Waals surface area contributed by atoms with Gasteiger partial charge >= 0.3 is 0 Å². The summed E-state index contributed by atoms with van der Waals surface area (Å²) in [6, 6.07) is 6.14. The first kappa shape index (κ1) is 9.90. The van der Waals surface area contributed by atoms with Gasteiger partial charge in [0.05, 0.1) is 11.7 Å². The van der Waals surface area contributed by atoms with Crippen LogP contribution >= 0.6 is 11.6 Å². The number of nitrogens with one attached hydrogen (secondary N) is 1. The maximum Gasteiger partial charge on any atom is 0.129 e. The van der Waals surface area contributed by atoms with Gasteiger partial charge in [-0.05, 0) is 19.2 Å². The third kappa shape index (κ3) is 2.05. The fraction of sp³-hybridized carbons (Fsp3) is 0.500. The molecule has 0 aromatic carbocycles. The molecule has 1 aromatic heterocycles. The molecule has 0 saturated carbocycles.